The molecule has 35 heavy (non-hydrogen) atoms. The van der Waals surface area contributed by atoms with Crippen molar-refractivity contribution >= 4 is 11.9 Å². The van der Waals surface area contributed by atoms with Gasteiger partial charge >= 0.3 is 12.1 Å². The third kappa shape index (κ3) is 4.65. The molecule has 0 saturated carbocycles. The molecule has 7 nitrogen and oxygen atoms in total. The summed E-state index contributed by atoms with van der Waals surface area (Å²) < 4.78 is 55.6. The standard InChI is InChI=1S/C24H26F4N4O3/c25-16-3-1-14(2-4-16)11-32-20-12-30(8-7-19(20)22(29-32)24(26,27)28)21(33)13-31-17-5-6-18(31)10-15(9-17)23(34)35/h1-4,15,17-18H,5-13H2,(H,34,35). The Bertz CT molecular complexity index is 1120. The van der Waals surface area contributed by atoms with E-state index in [1.807, 2.05) is 0 Å². The lowest BCUT2D eigenvalue weighted by Gasteiger charge is -2.38. The lowest BCUT2D eigenvalue weighted by atomic mass is 9.91. The van der Waals surface area contributed by atoms with Gasteiger partial charge in [0.2, 0.25) is 5.91 Å². The van der Waals surface area contributed by atoms with Gasteiger partial charge in [-0.2, -0.15) is 18.3 Å². The average Bonchev–Trinajstić information content (AvgIpc) is 3.27. The van der Waals surface area contributed by atoms with E-state index in [0.29, 0.717) is 24.1 Å². The molecule has 188 valence electrons. The topological polar surface area (TPSA) is 78.7 Å². The number of aromatic nitrogens is 2. The molecule has 1 aromatic heterocycles. The molecule has 2 fully saturated rings. The van der Waals surface area contributed by atoms with Crippen LogP contribution in [0.1, 0.15) is 48.2 Å². The highest BCUT2D eigenvalue weighted by atomic mass is 19.4. The number of halogens is 4. The van der Waals surface area contributed by atoms with Gasteiger partial charge in [0.1, 0.15) is 5.82 Å². The molecule has 0 aliphatic carbocycles. The van der Waals surface area contributed by atoms with E-state index in [2.05, 4.69) is 10.00 Å². The van der Waals surface area contributed by atoms with Crippen LogP contribution in [-0.2, 0) is 35.3 Å². The van der Waals surface area contributed by atoms with Crippen LogP contribution in [0.25, 0.3) is 0 Å². The third-order valence-electron chi connectivity index (χ3n) is 7.56. The summed E-state index contributed by atoms with van der Waals surface area (Å²) in [6.45, 7) is 0.347. The predicted octanol–water partition coefficient (Wildman–Crippen LogP) is 3.30. The first-order chi connectivity index (χ1) is 16.6. The van der Waals surface area contributed by atoms with Crippen LogP contribution in [0.2, 0.25) is 0 Å². The van der Waals surface area contributed by atoms with Crippen molar-refractivity contribution in [3.05, 3.63) is 52.6 Å². The highest BCUT2D eigenvalue weighted by molar-refractivity contribution is 5.79. The summed E-state index contributed by atoms with van der Waals surface area (Å²) >= 11 is 0. The Kier molecular flexibility index (Phi) is 6.06. The fourth-order valence-corrected chi connectivity index (χ4v) is 5.80. The van der Waals surface area contributed by atoms with Crippen LogP contribution in [0.15, 0.2) is 24.3 Å². The number of aliphatic carboxylic acids is 1. The molecule has 2 bridgehead atoms. The predicted molar refractivity (Wildman–Crippen MR) is 116 cm³/mol. The number of carbonyl (C=O) groups excluding carboxylic acids is 1. The molecule has 0 radical (unpaired) electrons. The number of rotatable bonds is 5. The first-order valence-corrected chi connectivity index (χ1v) is 11.8. The van der Waals surface area contributed by atoms with Gasteiger partial charge in [-0.1, -0.05) is 12.1 Å². The van der Waals surface area contributed by atoms with Crippen LogP contribution < -0.4 is 0 Å². The molecule has 0 spiro atoms. The molecule has 1 amide bonds. The number of hydrogen-bond donors (Lipinski definition) is 1. The highest BCUT2D eigenvalue weighted by Gasteiger charge is 2.45. The largest absolute Gasteiger partial charge is 0.481 e. The lowest BCUT2D eigenvalue weighted by Crippen LogP contribution is -2.50. The van der Waals surface area contributed by atoms with Crippen molar-refractivity contribution in [3.8, 4) is 0 Å². The summed E-state index contributed by atoms with van der Waals surface area (Å²) in [6, 6.07) is 5.57. The van der Waals surface area contributed by atoms with E-state index in [0.717, 1.165) is 12.8 Å². The molecule has 11 heteroatoms. The molecule has 2 unspecified atom stereocenters. The smallest absolute Gasteiger partial charge is 0.435 e. The zero-order chi connectivity index (χ0) is 24.9. The number of carboxylic acids is 1. The summed E-state index contributed by atoms with van der Waals surface area (Å²) in [6.07, 6.45) is -1.83. The third-order valence-corrected chi connectivity index (χ3v) is 7.56. The Morgan fingerprint density at radius 2 is 1.74 bits per heavy atom. The van der Waals surface area contributed by atoms with Gasteiger partial charge in [-0.25, -0.2) is 4.39 Å². The zero-order valence-electron chi connectivity index (χ0n) is 19.0. The highest BCUT2D eigenvalue weighted by Crippen LogP contribution is 2.39. The van der Waals surface area contributed by atoms with Gasteiger partial charge in [0.15, 0.2) is 5.69 Å². The number of hydrogen-bond acceptors (Lipinski definition) is 4. The molecule has 1 aromatic carbocycles. The van der Waals surface area contributed by atoms with Gasteiger partial charge in [-0.3, -0.25) is 19.2 Å². The van der Waals surface area contributed by atoms with E-state index in [1.165, 1.54) is 28.9 Å². The molecule has 3 aliphatic rings. The van der Waals surface area contributed by atoms with E-state index in [1.54, 1.807) is 4.90 Å². The Hall–Kier alpha value is -2.95. The van der Waals surface area contributed by atoms with Crippen LogP contribution in [0, 0.1) is 11.7 Å². The molecule has 2 aromatic rings. The quantitative estimate of drug-likeness (QED) is 0.646. The van der Waals surface area contributed by atoms with Crippen molar-refractivity contribution < 1.29 is 32.3 Å². The van der Waals surface area contributed by atoms with Crippen molar-refractivity contribution in [1.29, 1.82) is 0 Å². The van der Waals surface area contributed by atoms with E-state index >= 15 is 0 Å². The van der Waals surface area contributed by atoms with Gasteiger partial charge in [0.05, 0.1) is 31.2 Å². The number of carbonyl (C=O) groups is 2. The molecule has 4 heterocycles. The molecular weight excluding hydrogens is 468 g/mol. The monoisotopic (exact) mass is 494 g/mol. The van der Waals surface area contributed by atoms with E-state index in [9.17, 15) is 32.3 Å². The minimum atomic E-state index is -4.61. The van der Waals surface area contributed by atoms with Crippen LogP contribution in [0.3, 0.4) is 0 Å². The zero-order valence-corrected chi connectivity index (χ0v) is 19.0. The van der Waals surface area contributed by atoms with Crippen LogP contribution >= 0.6 is 0 Å². The molecule has 3 aliphatic heterocycles. The molecular formula is C24H26F4N4O3. The number of benzene rings is 1. The van der Waals surface area contributed by atoms with Crippen molar-refractivity contribution in [1.82, 2.24) is 19.6 Å². The lowest BCUT2D eigenvalue weighted by molar-refractivity contribution is -0.145. The summed E-state index contributed by atoms with van der Waals surface area (Å²) in [5.41, 5.74) is 0.113. The van der Waals surface area contributed by atoms with Gasteiger partial charge in [0.25, 0.3) is 0 Å². The number of amides is 1. The van der Waals surface area contributed by atoms with Crippen molar-refractivity contribution in [2.75, 3.05) is 13.1 Å². The van der Waals surface area contributed by atoms with Gasteiger partial charge in [-0.05, 0) is 49.8 Å². The van der Waals surface area contributed by atoms with Crippen LogP contribution in [-0.4, -0.2) is 61.7 Å². The first kappa shape index (κ1) is 23.8. The van der Waals surface area contributed by atoms with Gasteiger partial charge in [0, 0.05) is 24.2 Å². The fourth-order valence-electron chi connectivity index (χ4n) is 5.80. The average molecular weight is 494 g/mol. The van der Waals surface area contributed by atoms with Crippen molar-refractivity contribution in [3.63, 3.8) is 0 Å². The second-order valence-corrected chi connectivity index (χ2v) is 9.68. The number of carboxylic acid groups (broad SMARTS) is 1. The van der Waals surface area contributed by atoms with E-state index in [4.69, 9.17) is 0 Å². The Morgan fingerprint density at radius 3 is 2.34 bits per heavy atom. The maximum atomic E-state index is 13.7. The van der Waals surface area contributed by atoms with E-state index < -0.39 is 29.6 Å². The summed E-state index contributed by atoms with van der Waals surface area (Å²) in [5.74, 6) is -1.81. The molecule has 5 rings (SSSR count). The van der Waals surface area contributed by atoms with Crippen molar-refractivity contribution in [2.24, 2.45) is 5.92 Å². The second kappa shape index (κ2) is 8.92. The minimum Gasteiger partial charge on any atom is -0.481 e. The number of nitrogens with zero attached hydrogens (tertiary/aromatic N) is 4. The van der Waals surface area contributed by atoms with Crippen LogP contribution in [0.4, 0.5) is 17.6 Å². The van der Waals surface area contributed by atoms with E-state index in [-0.39, 0.29) is 56.2 Å². The first-order valence-electron chi connectivity index (χ1n) is 11.8. The fraction of sp³-hybridized carbons (Fsp3) is 0.542. The van der Waals surface area contributed by atoms with Crippen molar-refractivity contribution in [2.45, 2.75) is 63.5 Å². The summed E-state index contributed by atoms with van der Waals surface area (Å²) in [5, 5.41) is 13.2. The number of alkyl halides is 3. The maximum Gasteiger partial charge on any atom is 0.435 e. The molecule has 1 N–H and O–H groups in total. The van der Waals surface area contributed by atoms with Gasteiger partial charge < -0.3 is 10.0 Å². The van der Waals surface area contributed by atoms with Crippen LogP contribution in [0.5, 0.6) is 0 Å². The SMILES string of the molecule is O=C(O)C1CC2CCC(C1)N2CC(=O)N1CCc2c(C(F)(F)F)nn(Cc3ccc(F)cc3)c2C1. The minimum absolute atomic E-state index is 0.0133. The normalized spacial score (nSPS) is 24.5. The molecule has 2 atom stereocenters. The summed E-state index contributed by atoms with van der Waals surface area (Å²) in [7, 11) is 0. The summed E-state index contributed by atoms with van der Waals surface area (Å²) in [4.78, 5) is 28.3. The Balaban J connectivity index is 1.34. The maximum absolute atomic E-state index is 13.7. The second-order valence-electron chi connectivity index (χ2n) is 9.68. The Labute approximate surface area is 199 Å². The Morgan fingerprint density at radius 1 is 1.09 bits per heavy atom. The van der Waals surface area contributed by atoms with Gasteiger partial charge in [-0.15, -0.1) is 0 Å². The number of fused-ring (bicyclic) bond motifs is 3. The molecule has 2 saturated heterocycles. The number of piperidine rings is 1.